The first kappa shape index (κ1) is 17.0. The van der Waals surface area contributed by atoms with Crippen LogP contribution in [0.15, 0.2) is 66.7 Å². The molecule has 4 heteroatoms. The molecular formula is C21H23N3O. The average molecular weight is 333 g/mol. The summed E-state index contributed by atoms with van der Waals surface area (Å²) in [7, 11) is 0. The first-order chi connectivity index (χ1) is 12.2. The summed E-state index contributed by atoms with van der Waals surface area (Å²) in [6.45, 7) is 4.15. The summed E-state index contributed by atoms with van der Waals surface area (Å²) in [6.07, 6.45) is 1.99. The molecule has 0 saturated carbocycles. The average Bonchev–Trinajstić information content (AvgIpc) is 3.09. The van der Waals surface area contributed by atoms with E-state index < -0.39 is 0 Å². The molecule has 0 aliphatic carbocycles. The summed E-state index contributed by atoms with van der Waals surface area (Å²) in [5.41, 5.74) is 3.21. The highest BCUT2D eigenvalue weighted by Gasteiger charge is 2.18. The Morgan fingerprint density at radius 2 is 1.72 bits per heavy atom. The molecule has 0 radical (unpaired) electrons. The number of rotatable bonds is 6. The van der Waals surface area contributed by atoms with Gasteiger partial charge in [-0.05, 0) is 31.5 Å². The van der Waals surface area contributed by atoms with Crippen molar-refractivity contribution in [3.63, 3.8) is 0 Å². The van der Waals surface area contributed by atoms with Gasteiger partial charge in [-0.25, -0.2) is 4.68 Å². The molecule has 4 nitrogen and oxygen atoms in total. The molecular weight excluding hydrogens is 310 g/mol. The number of nitrogens with one attached hydrogen (secondary N) is 1. The van der Waals surface area contributed by atoms with E-state index in [0.717, 1.165) is 29.8 Å². The molecule has 0 aliphatic rings. The Balaban J connectivity index is 2.00. The van der Waals surface area contributed by atoms with Crippen molar-refractivity contribution in [2.75, 3.05) is 0 Å². The van der Waals surface area contributed by atoms with Crippen LogP contribution in [-0.4, -0.2) is 21.7 Å². The number of hydrogen-bond acceptors (Lipinski definition) is 2. The molecule has 0 aliphatic heterocycles. The van der Waals surface area contributed by atoms with Crippen molar-refractivity contribution in [2.24, 2.45) is 0 Å². The van der Waals surface area contributed by atoms with Crippen LogP contribution in [0, 0.1) is 0 Å². The highest BCUT2D eigenvalue weighted by Crippen LogP contribution is 2.21. The minimum Gasteiger partial charge on any atom is -0.348 e. The minimum absolute atomic E-state index is 0.0977. The highest BCUT2D eigenvalue weighted by atomic mass is 16.2. The van der Waals surface area contributed by atoms with E-state index >= 15 is 0 Å². The number of para-hydroxylation sites is 1. The molecule has 25 heavy (non-hydrogen) atoms. The second-order valence-corrected chi connectivity index (χ2v) is 6.19. The number of hydrogen-bond donors (Lipinski definition) is 1. The molecule has 2 aromatic carbocycles. The number of aromatic nitrogens is 2. The molecule has 1 N–H and O–H groups in total. The van der Waals surface area contributed by atoms with Crippen molar-refractivity contribution in [2.45, 2.75) is 32.7 Å². The lowest BCUT2D eigenvalue weighted by molar-refractivity contribution is 0.0930. The molecule has 3 rings (SSSR count). The fourth-order valence-electron chi connectivity index (χ4n) is 2.86. The third-order valence-corrected chi connectivity index (χ3v) is 4.11. The van der Waals surface area contributed by atoms with Crippen LogP contribution in [0.5, 0.6) is 0 Å². The van der Waals surface area contributed by atoms with Gasteiger partial charge in [-0.3, -0.25) is 4.79 Å². The molecule has 0 saturated heterocycles. The van der Waals surface area contributed by atoms with Gasteiger partial charge < -0.3 is 5.32 Å². The SMILES string of the molecule is CCC[C@H](C)NC(=O)c1cc(-c2ccccc2)nn1-c1ccccc1. The second kappa shape index (κ2) is 7.79. The molecule has 1 aromatic heterocycles. The Hall–Kier alpha value is -2.88. The fraction of sp³-hybridized carbons (Fsp3) is 0.238. The molecule has 1 heterocycles. The topological polar surface area (TPSA) is 46.9 Å². The van der Waals surface area contributed by atoms with Gasteiger partial charge in [0.2, 0.25) is 0 Å². The summed E-state index contributed by atoms with van der Waals surface area (Å²) in [5.74, 6) is -0.0977. The predicted octanol–water partition coefficient (Wildman–Crippen LogP) is 4.46. The maximum absolute atomic E-state index is 12.8. The van der Waals surface area contributed by atoms with Crippen LogP contribution in [0.2, 0.25) is 0 Å². The Kier molecular flexibility index (Phi) is 5.29. The number of nitrogens with zero attached hydrogens (tertiary/aromatic N) is 2. The smallest absolute Gasteiger partial charge is 0.270 e. The minimum atomic E-state index is -0.0977. The third kappa shape index (κ3) is 3.97. The van der Waals surface area contributed by atoms with Crippen molar-refractivity contribution in [1.82, 2.24) is 15.1 Å². The van der Waals surface area contributed by atoms with Gasteiger partial charge in [0, 0.05) is 11.6 Å². The largest absolute Gasteiger partial charge is 0.348 e. The van der Waals surface area contributed by atoms with E-state index in [2.05, 4.69) is 17.3 Å². The lowest BCUT2D eigenvalue weighted by Gasteiger charge is -2.13. The Bertz CT molecular complexity index is 825. The van der Waals surface area contributed by atoms with Gasteiger partial charge in [0.1, 0.15) is 5.69 Å². The molecule has 1 atom stereocenters. The number of carbonyl (C=O) groups excluding carboxylic acids is 1. The normalized spacial score (nSPS) is 11.9. The van der Waals surface area contributed by atoms with Crippen LogP contribution in [0.1, 0.15) is 37.2 Å². The van der Waals surface area contributed by atoms with Crippen molar-refractivity contribution < 1.29 is 4.79 Å². The van der Waals surface area contributed by atoms with Crippen molar-refractivity contribution >= 4 is 5.91 Å². The monoisotopic (exact) mass is 333 g/mol. The summed E-state index contributed by atoms with van der Waals surface area (Å²) >= 11 is 0. The zero-order valence-corrected chi connectivity index (χ0v) is 14.6. The van der Waals surface area contributed by atoms with Crippen molar-refractivity contribution in [1.29, 1.82) is 0 Å². The van der Waals surface area contributed by atoms with Gasteiger partial charge in [0.25, 0.3) is 5.91 Å². The lowest BCUT2D eigenvalue weighted by Crippen LogP contribution is -2.33. The number of carbonyl (C=O) groups is 1. The van der Waals surface area contributed by atoms with Crippen LogP contribution >= 0.6 is 0 Å². The van der Waals surface area contributed by atoms with E-state index in [1.807, 2.05) is 73.7 Å². The second-order valence-electron chi connectivity index (χ2n) is 6.19. The molecule has 0 unspecified atom stereocenters. The first-order valence-electron chi connectivity index (χ1n) is 8.71. The maximum atomic E-state index is 12.8. The van der Waals surface area contributed by atoms with Crippen LogP contribution < -0.4 is 5.32 Å². The Morgan fingerprint density at radius 3 is 2.36 bits per heavy atom. The summed E-state index contributed by atoms with van der Waals surface area (Å²) in [5, 5.41) is 7.75. The van der Waals surface area contributed by atoms with E-state index in [1.54, 1.807) is 4.68 Å². The lowest BCUT2D eigenvalue weighted by atomic mass is 10.1. The van der Waals surface area contributed by atoms with E-state index in [1.165, 1.54) is 0 Å². The zero-order valence-electron chi connectivity index (χ0n) is 14.6. The fourth-order valence-corrected chi connectivity index (χ4v) is 2.86. The van der Waals surface area contributed by atoms with Crippen LogP contribution in [0.4, 0.5) is 0 Å². The quantitative estimate of drug-likeness (QED) is 0.724. The highest BCUT2D eigenvalue weighted by molar-refractivity contribution is 5.94. The summed E-state index contributed by atoms with van der Waals surface area (Å²) in [4.78, 5) is 12.8. The standard InChI is InChI=1S/C21H23N3O/c1-3-10-16(2)22-21(25)20-15-19(17-11-6-4-7-12-17)23-24(20)18-13-8-5-9-14-18/h4-9,11-16H,3,10H2,1-2H3,(H,22,25)/t16-/m0/s1. The Morgan fingerprint density at radius 1 is 1.08 bits per heavy atom. The number of benzene rings is 2. The first-order valence-corrected chi connectivity index (χ1v) is 8.71. The van der Waals surface area contributed by atoms with Crippen molar-refractivity contribution in [3.8, 4) is 16.9 Å². The summed E-state index contributed by atoms with van der Waals surface area (Å²) < 4.78 is 1.72. The number of amides is 1. The van der Waals surface area contributed by atoms with Gasteiger partial charge in [0.05, 0.1) is 11.4 Å². The molecule has 128 valence electrons. The van der Waals surface area contributed by atoms with Crippen LogP contribution in [0.3, 0.4) is 0 Å². The molecule has 0 bridgehead atoms. The predicted molar refractivity (Wildman–Crippen MR) is 101 cm³/mol. The molecule has 1 amide bonds. The Labute approximate surface area is 148 Å². The maximum Gasteiger partial charge on any atom is 0.270 e. The van der Waals surface area contributed by atoms with Gasteiger partial charge >= 0.3 is 0 Å². The van der Waals surface area contributed by atoms with Gasteiger partial charge in [0.15, 0.2) is 0 Å². The third-order valence-electron chi connectivity index (χ3n) is 4.11. The van der Waals surface area contributed by atoms with Crippen LogP contribution in [-0.2, 0) is 0 Å². The van der Waals surface area contributed by atoms with Gasteiger partial charge in [-0.1, -0.05) is 61.9 Å². The van der Waals surface area contributed by atoms with Gasteiger partial charge in [-0.2, -0.15) is 5.10 Å². The molecule has 3 aromatic rings. The molecule has 0 fully saturated rings. The van der Waals surface area contributed by atoms with Crippen LogP contribution in [0.25, 0.3) is 16.9 Å². The van der Waals surface area contributed by atoms with E-state index in [4.69, 9.17) is 0 Å². The van der Waals surface area contributed by atoms with E-state index in [0.29, 0.717) is 5.69 Å². The zero-order chi connectivity index (χ0) is 17.6. The molecule has 0 spiro atoms. The van der Waals surface area contributed by atoms with Gasteiger partial charge in [-0.15, -0.1) is 0 Å². The van der Waals surface area contributed by atoms with E-state index in [9.17, 15) is 4.79 Å². The van der Waals surface area contributed by atoms with E-state index in [-0.39, 0.29) is 11.9 Å². The van der Waals surface area contributed by atoms with Crippen molar-refractivity contribution in [3.05, 3.63) is 72.4 Å². The summed E-state index contributed by atoms with van der Waals surface area (Å²) in [6, 6.07) is 21.7.